The van der Waals surface area contributed by atoms with E-state index in [1.54, 1.807) is 6.08 Å². The molecule has 1 saturated heterocycles. The van der Waals surface area contributed by atoms with Crippen molar-refractivity contribution in [3.63, 3.8) is 0 Å². The predicted octanol–water partition coefficient (Wildman–Crippen LogP) is 5.16. The Morgan fingerprint density at radius 3 is 2.65 bits per heavy atom. The second kappa shape index (κ2) is 14.5. The number of esters is 1. The summed E-state index contributed by atoms with van der Waals surface area (Å²) in [6.07, 6.45) is 11.7. The highest BCUT2D eigenvalue weighted by Crippen LogP contribution is 2.46. The predicted molar refractivity (Wildman–Crippen MR) is 138 cm³/mol. The minimum atomic E-state index is -1.30. The Kier molecular flexibility index (Phi) is 12.5. The van der Waals surface area contributed by atoms with Crippen LogP contribution in [0.25, 0.3) is 0 Å². The van der Waals surface area contributed by atoms with Gasteiger partial charge in [-0.1, -0.05) is 45.6 Å². The molecule has 2 rings (SSSR count). The zero-order valence-corrected chi connectivity index (χ0v) is 23.2. The van der Waals surface area contributed by atoms with Crippen LogP contribution in [-0.2, 0) is 23.4 Å². The average molecular weight is 497 g/mol. The molecule has 0 bridgehead atoms. The maximum absolute atomic E-state index is 11.6. The van der Waals surface area contributed by atoms with E-state index in [0.29, 0.717) is 12.8 Å². The van der Waals surface area contributed by atoms with Crippen LogP contribution >= 0.6 is 0 Å². The molecule has 34 heavy (non-hydrogen) atoms. The third kappa shape index (κ3) is 9.57. The molecule has 6 atom stereocenters. The summed E-state index contributed by atoms with van der Waals surface area (Å²) in [5, 5.41) is 11.1. The molecule has 2 unspecified atom stereocenters. The first-order valence-corrected chi connectivity index (χ1v) is 15.9. The Morgan fingerprint density at radius 2 is 2.03 bits per heavy atom. The minimum Gasteiger partial charge on any atom is -0.461 e. The van der Waals surface area contributed by atoms with Gasteiger partial charge in [0.15, 0.2) is 15.3 Å². The molecule has 0 amide bonds. The second-order valence-corrected chi connectivity index (χ2v) is 13.4. The summed E-state index contributed by atoms with van der Waals surface area (Å²) in [5.41, 5.74) is -0.0607. The lowest BCUT2D eigenvalue weighted by Crippen LogP contribution is -2.46. The van der Waals surface area contributed by atoms with Gasteiger partial charge in [-0.05, 0) is 63.0 Å². The van der Waals surface area contributed by atoms with Crippen LogP contribution in [0.3, 0.4) is 0 Å². The van der Waals surface area contributed by atoms with Crippen molar-refractivity contribution in [2.75, 3.05) is 13.2 Å². The first-order chi connectivity index (χ1) is 16.1. The molecule has 1 aliphatic heterocycles. The normalized spacial score (nSPS) is 29.0. The highest BCUT2D eigenvalue weighted by Gasteiger charge is 2.50. The zero-order chi connectivity index (χ0) is 25.1. The summed E-state index contributed by atoms with van der Waals surface area (Å²) in [7, 11) is -1.30. The molecule has 2 fully saturated rings. The molecule has 0 aromatic heterocycles. The zero-order valence-electron chi connectivity index (χ0n) is 22.0. The van der Waals surface area contributed by atoms with Gasteiger partial charge in [-0.25, -0.2) is 0 Å². The molecule has 196 valence electrons. The van der Waals surface area contributed by atoms with Gasteiger partial charge in [-0.2, -0.15) is 0 Å². The number of carbonyl (C=O) groups is 1. The fraction of sp³-hybridized carbons (Fsp3) is 0.815. The van der Waals surface area contributed by atoms with Gasteiger partial charge in [0.2, 0.25) is 0 Å². The van der Waals surface area contributed by atoms with Crippen LogP contribution in [0.4, 0.5) is 0 Å². The summed E-state index contributed by atoms with van der Waals surface area (Å²) in [6.45, 7) is 15.7. The monoisotopic (exact) mass is 496 g/mol. The van der Waals surface area contributed by atoms with Gasteiger partial charge in [0, 0.05) is 25.4 Å². The largest absolute Gasteiger partial charge is 0.461 e. The summed E-state index contributed by atoms with van der Waals surface area (Å²) < 4.78 is 24.0. The van der Waals surface area contributed by atoms with Gasteiger partial charge in [-0.3, -0.25) is 4.79 Å². The number of rotatable bonds is 13. The number of aliphatic hydroxyl groups excluding tert-OH is 1. The molecular formula is C27H48O6Si. The van der Waals surface area contributed by atoms with Crippen LogP contribution in [0.1, 0.15) is 72.1 Å². The van der Waals surface area contributed by atoms with E-state index < -0.39 is 15.1 Å². The van der Waals surface area contributed by atoms with Gasteiger partial charge in [0.25, 0.3) is 0 Å². The smallest absolute Gasteiger partial charge is 0.306 e. The van der Waals surface area contributed by atoms with E-state index in [-0.39, 0.29) is 48.3 Å². The topological polar surface area (TPSA) is 74.2 Å². The number of hydrogen-bond acceptors (Lipinski definition) is 6. The van der Waals surface area contributed by atoms with Gasteiger partial charge >= 0.3 is 5.97 Å². The van der Waals surface area contributed by atoms with E-state index >= 15 is 0 Å². The highest BCUT2D eigenvalue weighted by molar-refractivity contribution is 6.48. The summed E-state index contributed by atoms with van der Waals surface area (Å²) in [4.78, 5) is 11.6. The van der Waals surface area contributed by atoms with Crippen molar-refractivity contribution < 1.29 is 28.5 Å². The summed E-state index contributed by atoms with van der Waals surface area (Å²) >= 11 is 0. The molecule has 0 aromatic carbocycles. The minimum absolute atomic E-state index is 0.0166. The van der Waals surface area contributed by atoms with E-state index in [4.69, 9.17) is 18.6 Å². The number of hydrogen-bond donors (Lipinski definition) is 1. The van der Waals surface area contributed by atoms with E-state index in [1.165, 1.54) is 0 Å². The fourth-order valence-electron chi connectivity index (χ4n) is 5.12. The van der Waals surface area contributed by atoms with E-state index in [0.717, 1.165) is 45.1 Å². The molecule has 1 aliphatic carbocycles. The summed E-state index contributed by atoms with van der Waals surface area (Å²) in [6, 6.07) is 0. The molecule has 1 N–H and O–H groups in total. The third-order valence-electron chi connectivity index (χ3n) is 6.67. The fourth-order valence-corrected chi connectivity index (χ4v) is 6.30. The van der Waals surface area contributed by atoms with Crippen LogP contribution in [0.15, 0.2) is 24.8 Å². The van der Waals surface area contributed by atoms with Crippen molar-refractivity contribution in [3.05, 3.63) is 24.8 Å². The number of ether oxygens (including phenoxy) is 3. The van der Waals surface area contributed by atoms with Crippen LogP contribution in [0.2, 0.25) is 13.1 Å². The molecule has 0 spiro atoms. The molecule has 2 aliphatic rings. The van der Waals surface area contributed by atoms with E-state index in [1.807, 2.05) is 0 Å². The van der Waals surface area contributed by atoms with E-state index in [9.17, 15) is 9.90 Å². The molecule has 7 heteroatoms. The lowest BCUT2D eigenvalue weighted by atomic mass is 9.75. The molecule has 1 saturated carbocycles. The number of allylic oxidation sites excluding steroid dienone is 2. The molecular weight excluding hydrogens is 448 g/mol. The Labute approximate surface area is 208 Å². The Hall–Kier alpha value is -0.993. The van der Waals surface area contributed by atoms with Crippen molar-refractivity contribution in [2.24, 2.45) is 17.3 Å². The SMILES string of the molecule is C=CCOC(=O)CCC/C=C\C[C@@H]1[C@H](C(O[SiH](C)C)C(C)(C)C)[C@H](OC2CCCCO2)C[C@@H]1O. The van der Waals surface area contributed by atoms with Crippen molar-refractivity contribution in [1.82, 2.24) is 0 Å². The van der Waals surface area contributed by atoms with Crippen molar-refractivity contribution in [2.45, 2.75) is 110 Å². The van der Waals surface area contributed by atoms with Gasteiger partial charge in [0.05, 0.1) is 18.3 Å². The Morgan fingerprint density at radius 1 is 1.26 bits per heavy atom. The van der Waals surface area contributed by atoms with Crippen LogP contribution < -0.4 is 0 Å². The van der Waals surface area contributed by atoms with Crippen molar-refractivity contribution in [1.29, 1.82) is 0 Å². The van der Waals surface area contributed by atoms with Gasteiger partial charge in [-0.15, -0.1) is 0 Å². The van der Waals surface area contributed by atoms with Crippen molar-refractivity contribution in [3.8, 4) is 0 Å². The van der Waals surface area contributed by atoms with Crippen LogP contribution in [-0.4, -0.2) is 57.9 Å². The van der Waals surface area contributed by atoms with Crippen LogP contribution in [0.5, 0.6) is 0 Å². The first-order valence-electron chi connectivity index (χ1n) is 13.2. The number of aliphatic hydroxyl groups is 1. The Bertz CT molecular complexity index is 638. The summed E-state index contributed by atoms with van der Waals surface area (Å²) in [5.74, 6) is -0.0131. The molecule has 0 radical (unpaired) electrons. The van der Waals surface area contributed by atoms with Crippen LogP contribution in [0, 0.1) is 17.3 Å². The molecule has 0 aromatic rings. The highest BCUT2D eigenvalue weighted by atomic mass is 28.3. The van der Waals surface area contributed by atoms with Gasteiger partial charge in [0.1, 0.15) is 6.61 Å². The maximum Gasteiger partial charge on any atom is 0.306 e. The second-order valence-electron chi connectivity index (χ2n) is 11.1. The number of unbranched alkanes of at least 4 members (excludes halogenated alkanes) is 1. The lowest BCUT2D eigenvalue weighted by molar-refractivity contribution is -0.205. The molecule has 6 nitrogen and oxygen atoms in total. The average Bonchev–Trinajstić information content (AvgIpc) is 3.07. The maximum atomic E-state index is 11.6. The molecule has 1 heterocycles. The lowest BCUT2D eigenvalue weighted by Gasteiger charge is -2.42. The number of carbonyl (C=O) groups excluding carboxylic acids is 1. The Balaban J connectivity index is 2.05. The first kappa shape index (κ1) is 29.2. The quantitative estimate of drug-likeness (QED) is 0.164. The van der Waals surface area contributed by atoms with Gasteiger partial charge < -0.3 is 23.7 Å². The van der Waals surface area contributed by atoms with Crippen molar-refractivity contribution >= 4 is 15.0 Å². The standard InChI is InChI=1S/C27H48O6Si/c1-7-17-30-23(29)15-11-9-8-10-14-20-21(28)19-22(32-24-16-12-13-18-31-24)25(20)26(27(2,3)4)33-34(5)6/h7-8,10,20-22,24-26,28,34H,1,9,11-19H2,2-6H3/b10-8-/t20-,21-,22+,24?,25-,26?/m0/s1. The third-order valence-corrected chi connectivity index (χ3v) is 7.50. The van der Waals surface area contributed by atoms with E-state index in [2.05, 4.69) is 52.6 Å².